The number of esters is 1. The summed E-state index contributed by atoms with van der Waals surface area (Å²) in [5.41, 5.74) is 6.07. The van der Waals surface area contributed by atoms with E-state index in [1.807, 2.05) is 30.0 Å². The number of methoxy groups -OCH3 is 1. The molecule has 2 fully saturated rings. The zero-order valence-corrected chi connectivity index (χ0v) is 23.7. The first-order valence-electron chi connectivity index (χ1n) is 14.6. The van der Waals surface area contributed by atoms with E-state index in [1.54, 1.807) is 6.07 Å². The molecule has 1 aliphatic carbocycles. The Bertz CT molecular complexity index is 1450. The number of piperidine rings is 1. The van der Waals surface area contributed by atoms with Gasteiger partial charge in [-0.1, -0.05) is 18.2 Å². The van der Waals surface area contributed by atoms with Gasteiger partial charge in [0.25, 0.3) is 5.91 Å². The van der Waals surface area contributed by atoms with E-state index >= 15 is 0 Å². The van der Waals surface area contributed by atoms with Crippen molar-refractivity contribution in [3.63, 3.8) is 0 Å². The van der Waals surface area contributed by atoms with E-state index in [0.29, 0.717) is 24.8 Å². The zero-order chi connectivity index (χ0) is 28.5. The highest BCUT2D eigenvalue weighted by molar-refractivity contribution is 5.97. The number of pyridine rings is 1. The van der Waals surface area contributed by atoms with Crippen LogP contribution in [-0.4, -0.2) is 66.1 Å². The van der Waals surface area contributed by atoms with E-state index < -0.39 is 5.97 Å². The number of carbonyl (C=O) groups excluding carboxylic acids is 2. The molecule has 1 saturated carbocycles. The summed E-state index contributed by atoms with van der Waals surface area (Å²) in [6.45, 7) is 5.78. The number of halogens is 1. The summed E-state index contributed by atoms with van der Waals surface area (Å²) in [5.74, 6) is 0.558. The molecule has 0 radical (unpaired) electrons. The number of hydrogen-bond donors (Lipinski definition) is 0. The minimum absolute atomic E-state index is 0.0976. The third-order valence-corrected chi connectivity index (χ3v) is 8.56. The van der Waals surface area contributed by atoms with Crippen molar-refractivity contribution in [3.8, 4) is 16.9 Å². The van der Waals surface area contributed by atoms with Gasteiger partial charge in [-0.15, -0.1) is 0 Å². The lowest BCUT2D eigenvalue weighted by Crippen LogP contribution is -2.50. The third kappa shape index (κ3) is 5.71. The van der Waals surface area contributed by atoms with E-state index in [-0.39, 0.29) is 23.5 Å². The number of amides is 1. The van der Waals surface area contributed by atoms with Gasteiger partial charge in [-0.2, -0.15) is 0 Å². The molecular weight excluding hydrogens is 521 g/mol. The number of nitrogens with zero attached hydrogens (tertiary/aromatic N) is 3. The van der Waals surface area contributed by atoms with E-state index in [0.717, 1.165) is 61.3 Å². The van der Waals surface area contributed by atoms with Crippen molar-refractivity contribution in [2.24, 2.45) is 0 Å². The first kappa shape index (κ1) is 27.4. The Morgan fingerprint density at radius 2 is 1.78 bits per heavy atom. The Morgan fingerprint density at radius 1 is 1.02 bits per heavy atom. The maximum absolute atomic E-state index is 13.6. The average molecular weight is 558 g/mol. The molecule has 0 spiro atoms. The second kappa shape index (κ2) is 11.6. The largest absolute Gasteiger partial charge is 0.494 e. The molecule has 0 bridgehead atoms. The van der Waals surface area contributed by atoms with Crippen LogP contribution in [0.4, 0.5) is 4.39 Å². The summed E-state index contributed by atoms with van der Waals surface area (Å²) >= 11 is 0. The van der Waals surface area contributed by atoms with Crippen molar-refractivity contribution in [1.82, 2.24) is 14.8 Å². The minimum atomic E-state index is -0.534. The van der Waals surface area contributed by atoms with Gasteiger partial charge in [-0.3, -0.25) is 9.69 Å². The molecule has 214 valence electrons. The molecule has 1 amide bonds. The first-order valence-corrected chi connectivity index (χ1v) is 14.6. The smallest absolute Gasteiger partial charge is 0.356 e. The Morgan fingerprint density at radius 3 is 2.46 bits per heavy atom. The van der Waals surface area contributed by atoms with Crippen molar-refractivity contribution in [2.45, 2.75) is 57.5 Å². The first-order chi connectivity index (χ1) is 19.9. The van der Waals surface area contributed by atoms with Crippen LogP contribution in [0.25, 0.3) is 11.1 Å². The highest BCUT2D eigenvalue weighted by atomic mass is 19.1. The van der Waals surface area contributed by atoms with Gasteiger partial charge in [0.1, 0.15) is 23.0 Å². The molecule has 2 aromatic carbocycles. The molecule has 6 rings (SSSR count). The Labute approximate surface area is 240 Å². The predicted molar refractivity (Wildman–Crippen MR) is 154 cm³/mol. The minimum Gasteiger partial charge on any atom is -0.494 e. The fourth-order valence-corrected chi connectivity index (χ4v) is 6.22. The number of hydrogen-bond acceptors (Lipinski definition) is 6. The van der Waals surface area contributed by atoms with Crippen LogP contribution in [-0.2, 0) is 17.7 Å². The normalized spacial score (nSPS) is 17.8. The molecule has 8 heteroatoms. The van der Waals surface area contributed by atoms with E-state index in [4.69, 9.17) is 9.47 Å². The van der Waals surface area contributed by atoms with Crippen molar-refractivity contribution in [1.29, 1.82) is 0 Å². The number of aromatic nitrogens is 1. The SMILES string of the molecule is CCOc1cc(-c2ccc(F)cc2)c(C2CC2)cc1CN1CCC(N2CCc3ccc(C(=O)OC)nc3C2=O)CC1. The standard InChI is InChI=1S/C33H36FN3O4/c1-3-41-30-19-28(22-6-9-25(34)10-7-22)27(21-4-5-21)18-24(30)20-36-15-13-26(14-16-36)37-17-12-23-8-11-29(33(39)40-2)35-31(23)32(37)38/h6-11,18-19,21,26H,3-5,12-17,20H2,1-2H3. The van der Waals surface area contributed by atoms with Crippen molar-refractivity contribution in [3.05, 3.63) is 82.4 Å². The second-order valence-electron chi connectivity index (χ2n) is 11.2. The summed E-state index contributed by atoms with van der Waals surface area (Å²) in [4.78, 5) is 34.1. The van der Waals surface area contributed by atoms with E-state index in [9.17, 15) is 14.0 Å². The quantitative estimate of drug-likeness (QED) is 0.335. The van der Waals surface area contributed by atoms with Gasteiger partial charge in [0.2, 0.25) is 0 Å². The lowest BCUT2D eigenvalue weighted by molar-refractivity contribution is 0.0536. The third-order valence-electron chi connectivity index (χ3n) is 8.56. The second-order valence-corrected chi connectivity index (χ2v) is 11.2. The average Bonchev–Trinajstić information content (AvgIpc) is 3.84. The summed E-state index contributed by atoms with van der Waals surface area (Å²) in [5, 5.41) is 0. The van der Waals surface area contributed by atoms with Gasteiger partial charge < -0.3 is 14.4 Å². The van der Waals surface area contributed by atoms with E-state index in [2.05, 4.69) is 22.0 Å². The summed E-state index contributed by atoms with van der Waals surface area (Å²) in [6, 6.07) is 14.8. The van der Waals surface area contributed by atoms with Crippen LogP contribution in [0.2, 0.25) is 0 Å². The number of fused-ring (bicyclic) bond motifs is 1. The van der Waals surface area contributed by atoms with Crippen LogP contribution in [0.15, 0.2) is 48.5 Å². The van der Waals surface area contributed by atoms with Crippen LogP contribution < -0.4 is 4.74 Å². The molecule has 0 unspecified atom stereocenters. The number of rotatable bonds is 8. The molecule has 2 aliphatic heterocycles. The van der Waals surface area contributed by atoms with E-state index in [1.165, 1.54) is 43.2 Å². The monoisotopic (exact) mass is 557 g/mol. The van der Waals surface area contributed by atoms with Crippen molar-refractivity contribution < 1.29 is 23.5 Å². The number of likely N-dealkylation sites (tertiary alicyclic amines) is 1. The predicted octanol–water partition coefficient (Wildman–Crippen LogP) is 5.61. The summed E-state index contributed by atoms with van der Waals surface area (Å²) < 4.78 is 24.5. The van der Waals surface area contributed by atoms with Crippen LogP contribution >= 0.6 is 0 Å². The van der Waals surface area contributed by atoms with Crippen LogP contribution in [0.3, 0.4) is 0 Å². The Kier molecular flexibility index (Phi) is 7.75. The lowest BCUT2D eigenvalue weighted by Gasteiger charge is -2.40. The molecule has 41 heavy (non-hydrogen) atoms. The Balaban J connectivity index is 1.16. The zero-order valence-electron chi connectivity index (χ0n) is 23.7. The van der Waals surface area contributed by atoms with Crippen LogP contribution in [0, 0.1) is 5.82 Å². The molecule has 3 aromatic rings. The van der Waals surface area contributed by atoms with Crippen LogP contribution in [0.1, 0.15) is 76.2 Å². The maximum atomic E-state index is 13.6. The molecule has 0 N–H and O–H groups in total. The molecule has 1 saturated heterocycles. The van der Waals surface area contributed by atoms with Gasteiger partial charge in [-0.25, -0.2) is 14.2 Å². The highest BCUT2D eigenvalue weighted by Gasteiger charge is 2.34. The topological polar surface area (TPSA) is 72.0 Å². The molecule has 7 nitrogen and oxygen atoms in total. The lowest BCUT2D eigenvalue weighted by atomic mass is 9.93. The fraction of sp³-hybridized carbons (Fsp3) is 0.424. The molecule has 0 atom stereocenters. The molecular formula is C33H36FN3O4. The maximum Gasteiger partial charge on any atom is 0.356 e. The van der Waals surface area contributed by atoms with Crippen molar-refractivity contribution >= 4 is 11.9 Å². The van der Waals surface area contributed by atoms with Gasteiger partial charge >= 0.3 is 5.97 Å². The molecule has 3 heterocycles. The fourth-order valence-electron chi connectivity index (χ4n) is 6.22. The van der Waals surface area contributed by atoms with Gasteiger partial charge in [0.15, 0.2) is 0 Å². The molecule has 1 aromatic heterocycles. The number of carbonyl (C=O) groups is 2. The van der Waals surface area contributed by atoms with Crippen LogP contribution in [0.5, 0.6) is 5.75 Å². The molecule has 3 aliphatic rings. The Hall–Kier alpha value is -3.78. The number of ether oxygens (including phenoxy) is 2. The van der Waals surface area contributed by atoms with Gasteiger partial charge in [-0.05, 0) is 97.5 Å². The summed E-state index contributed by atoms with van der Waals surface area (Å²) in [6.07, 6.45) is 4.85. The van der Waals surface area contributed by atoms with Gasteiger partial charge in [0.05, 0.1) is 13.7 Å². The van der Waals surface area contributed by atoms with Crippen molar-refractivity contribution in [2.75, 3.05) is 33.4 Å². The highest BCUT2D eigenvalue weighted by Crippen LogP contribution is 2.46. The number of benzene rings is 2. The van der Waals surface area contributed by atoms with Gasteiger partial charge in [0, 0.05) is 37.8 Å². The summed E-state index contributed by atoms with van der Waals surface area (Å²) in [7, 11) is 1.31.